The minimum absolute atomic E-state index is 0.123. The van der Waals surface area contributed by atoms with Crippen LogP contribution in [0.5, 0.6) is 5.75 Å². The van der Waals surface area contributed by atoms with Crippen LogP contribution in [0.1, 0.15) is 58.1 Å². The Hall–Kier alpha value is -1.75. The van der Waals surface area contributed by atoms with Crippen LogP contribution in [0.15, 0.2) is 24.3 Å². The SMILES string of the molecule is COc1ccc([C@H]2CN(C(=O)OC(C)(C)C)[C@H]3CCCC[C@@H]3N2)cc1. The summed E-state index contributed by atoms with van der Waals surface area (Å²) in [5, 5.41) is 3.77. The van der Waals surface area contributed by atoms with Gasteiger partial charge in [0.25, 0.3) is 0 Å². The summed E-state index contributed by atoms with van der Waals surface area (Å²) in [5.41, 5.74) is 0.709. The minimum atomic E-state index is -0.471. The number of hydrogen-bond acceptors (Lipinski definition) is 4. The zero-order chi connectivity index (χ0) is 18.0. The zero-order valence-electron chi connectivity index (χ0n) is 15.7. The Morgan fingerprint density at radius 3 is 2.48 bits per heavy atom. The van der Waals surface area contributed by atoms with Crippen LogP contribution in [-0.4, -0.2) is 42.3 Å². The van der Waals surface area contributed by atoms with Crippen LogP contribution in [0.4, 0.5) is 4.79 Å². The maximum absolute atomic E-state index is 12.8. The van der Waals surface area contributed by atoms with Gasteiger partial charge in [-0.25, -0.2) is 4.79 Å². The van der Waals surface area contributed by atoms with E-state index in [2.05, 4.69) is 17.4 Å². The summed E-state index contributed by atoms with van der Waals surface area (Å²) in [7, 11) is 1.67. The summed E-state index contributed by atoms with van der Waals surface area (Å²) >= 11 is 0. The highest BCUT2D eigenvalue weighted by atomic mass is 16.6. The summed E-state index contributed by atoms with van der Waals surface area (Å²) in [6.45, 7) is 6.41. The molecule has 1 heterocycles. The van der Waals surface area contributed by atoms with Crippen molar-refractivity contribution in [2.75, 3.05) is 13.7 Å². The van der Waals surface area contributed by atoms with Crippen molar-refractivity contribution in [2.45, 2.75) is 70.2 Å². The van der Waals surface area contributed by atoms with Crippen molar-refractivity contribution in [3.8, 4) is 5.75 Å². The van der Waals surface area contributed by atoms with Crippen molar-refractivity contribution >= 4 is 6.09 Å². The number of benzene rings is 1. The average molecular weight is 346 g/mol. The Morgan fingerprint density at radius 2 is 1.84 bits per heavy atom. The third-order valence-electron chi connectivity index (χ3n) is 5.07. The van der Waals surface area contributed by atoms with Gasteiger partial charge < -0.3 is 19.7 Å². The molecule has 0 aromatic heterocycles. The van der Waals surface area contributed by atoms with Crippen molar-refractivity contribution < 1.29 is 14.3 Å². The molecule has 3 atom stereocenters. The van der Waals surface area contributed by atoms with Gasteiger partial charge in [0, 0.05) is 12.6 Å². The first kappa shape index (κ1) is 18.1. The van der Waals surface area contributed by atoms with E-state index in [1.807, 2.05) is 37.8 Å². The largest absolute Gasteiger partial charge is 0.497 e. The number of hydrogen-bond donors (Lipinski definition) is 1. The summed E-state index contributed by atoms with van der Waals surface area (Å²) in [5.74, 6) is 0.846. The van der Waals surface area contributed by atoms with Crippen molar-refractivity contribution in [3.05, 3.63) is 29.8 Å². The predicted octanol–water partition coefficient (Wildman–Crippen LogP) is 3.89. The molecule has 1 aliphatic heterocycles. The number of nitrogens with zero attached hydrogens (tertiary/aromatic N) is 1. The van der Waals surface area contributed by atoms with Crippen LogP contribution in [0, 0.1) is 0 Å². The van der Waals surface area contributed by atoms with E-state index >= 15 is 0 Å². The van der Waals surface area contributed by atoms with Crippen molar-refractivity contribution in [3.63, 3.8) is 0 Å². The van der Waals surface area contributed by atoms with Crippen LogP contribution in [0.3, 0.4) is 0 Å². The maximum Gasteiger partial charge on any atom is 0.410 e. The second-order valence-electron chi connectivity index (χ2n) is 8.08. The molecule has 25 heavy (non-hydrogen) atoms. The summed E-state index contributed by atoms with van der Waals surface area (Å²) in [6.07, 6.45) is 4.36. The lowest BCUT2D eigenvalue weighted by molar-refractivity contribution is -0.00711. The number of carbonyl (C=O) groups is 1. The van der Waals surface area contributed by atoms with E-state index in [9.17, 15) is 4.79 Å². The fourth-order valence-corrected chi connectivity index (χ4v) is 3.89. The Morgan fingerprint density at radius 1 is 1.16 bits per heavy atom. The Kier molecular flexibility index (Phi) is 5.23. The van der Waals surface area contributed by atoms with E-state index in [1.165, 1.54) is 18.4 Å². The van der Waals surface area contributed by atoms with E-state index in [0.29, 0.717) is 12.6 Å². The molecule has 1 aromatic rings. The number of ether oxygens (including phenoxy) is 2. The highest BCUT2D eigenvalue weighted by Gasteiger charge is 2.41. The maximum atomic E-state index is 12.8. The van der Waals surface area contributed by atoms with Gasteiger partial charge >= 0.3 is 6.09 Å². The summed E-state index contributed by atoms with van der Waals surface area (Å²) in [4.78, 5) is 14.8. The number of amides is 1. The Balaban J connectivity index is 1.80. The fraction of sp³-hybridized carbons (Fsp3) is 0.650. The fourth-order valence-electron chi connectivity index (χ4n) is 3.89. The molecule has 5 nitrogen and oxygen atoms in total. The number of methoxy groups -OCH3 is 1. The van der Waals surface area contributed by atoms with Gasteiger partial charge in [-0.15, -0.1) is 0 Å². The van der Waals surface area contributed by atoms with Gasteiger partial charge in [-0.3, -0.25) is 0 Å². The first-order chi connectivity index (χ1) is 11.9. The van der Waals surface area contributed by atoms with Crippen molar-refractivity contribution in [1.29, 1.82) is 0 Å². The van der Waals surface area contributed by atoms with E-state index < -0.39 is 5.60 Å². The van der Waals surface area contributed by atoms with Gasteiger partial charge in [0.05, 0.1) is 19.2 Å². The first-order valence-electron chi connectivity index (χ1n) is 9.27. The molecule has 3 rings (SSSR count). The normalized spacial score (nSPS) is 26.7. The van der Waals surface area contributed by atoms with Gasteiger partial charge in [-0.1, -0.05) is 25.0 Å². The molecule has 1 aromatic carbocycles. The highest BCUT2D eigenvalue weighted by Crippen LogP contribution is 2.33. The second kappa shape index (κ2) is 7.24. The van der Waals surface area contributed by atoms with E-state index in [0.717, 1.165) is 18.6 Å². The molecule has 0 bridgehead atoms. The number of piperazine rings is 1. The monoisotopic (exact) mass is 346 g/mol. The van der Waals surface area contributed by atoms with E-state index in [-0.39, 0.29) is 18.2 Å². The van der Waals surface area contributed by atoms with Gasteiger partial charge in [-0.05, 0) is 51.3 Å². The lowest BCUT2D eigenvalue weighted by Crippen LogP contribution is -2.62. The first-order valence-corrected chi connectivity index (χ1v) is 9.27. The van der Waals surface area contributed by atoms with E-state index in [1.54, 1.807) is 7.11 Å². The average Bonchev–Trinajstić information content (AvgIpc) is 2.59. The predicted molar refractivity (Wildman–Crippen MR) is 97.9 cm³/mol. The molecule has 0 unspecified atom stereocenters. The molecule has 1 aliphatic carbocycles. The van der Waals surface area contributed by atoms with Gasteiger partial charge in [0.1, 0.15) is 11.4 Å². The zero-order valence-corrected chi connectivity index (χ0v) is 15.7. The van der Waals surface area contributed by atoms with Crippen LogP contribution in [-0.2, 0) is 4.74 Å². The molecule has 1 amide bonds. The van der Waals surface area contributed by atoms with Crippen molar-refractivity contribution in [1.82, 2.24) is 10.2 Å². The van der Waals surface area contributed by atoms with Crippen LogP contribution < -0.4 is 10.1 Å². The smallest absolute Gasteiger partial charge is 0.410 e. The molecular weight excluding hydrogens is 316 g/mol. The molecule has 1 N–H and O–H groups in total. The number of rotatable bonds is 2. The van der Waals surface area contributed by atoms with Crippen LogP contribution in [0.25, 0.3) is 0 Å². The Labute approximate surface area is 150 Å². The second-order valence-corrected chi connectivity index (χ2v) is 8.08. The Bertz CT molecular complexity index is 594. The molecule has 0 spiro atoms. The van der Waals surface area contributed by atoms with Gasteiger partial charge in [-0.2, -0.15) is 0 Å². The molecule has 1 saturated heterocycles. The third-order valence-corrected chi connectivity index (χ3v) is 5.07. The summed E-state index contributed by atoms with van der Waals surface area (Å²) in [6, 6.07) is 8.79. The lowest BCUT2D eigenvalue weighted by atomic mass is 9.85. The molecule has 5 heteroatoms. The van der Waals surface area contributed by atoms with E-state index in [4.69, 9.17) is 9.47 Å². The van der Waals surface area contributed by atoms with Gasteiger partial charge in [0.2, 0.25) is 0 Å². The summed E-state index contributed by atoms with van der Waals surface area (Å²) < 4.78 is 10.9. The molecule has 0 radical (unpaired) electrons. The van der Waals surface area contributed by atoms with Crippen molar-refractivity contribution in [2.24, 2.45) is 0 Å². The quantitative estimate of drug-likeness (QED) is 0.883. The molecule has 138 valence electrons. The highest BCUT2D eigenvalue weighted by molar-refractivity contribution is 5.69. The topological polar surface area (TPSA) is 50.8 Å². The number of nitrogens with one attached hydrogen (secondary N) is 1. The number of fused-ring (bicyclic) bond motifs is 1. The third kappa shape index (κ3) is 4.27. The molecule has 2 fully saturated rings. The number of carbonyl (C=O) groups excluding carboxylic acids is 1. The molecular formula is C20H30N2O3. The molecule has 2 aliphatic rings. The minimum Gasteiger partial charge on any atom is -0.497 e. The van der Waals surface area contributed by atoms with Crippen LogP contribution in [0.2, 0.25) is 0 Å². The standard InChI is InChI=1S/C20H30N2O3/c1-20(2,3)25-19(23)22-13-17(14-9-11-15(24-4)12-10-14)21-16-7-5-6-8-18(16)22/h9-12,16-18,21H,5-8,13H2,1-4H3/t16-,17+,18-/m0/s1. The van der Waals surface area contributed by atoms with Gasteiger partial charge in [0.15, 0.2) is 0 Å². The lowest BCUT2D eigenvalue weighted by Gasteiger charge is -2.47. The van der Waals surface area contributed by atoms with Crippen LogP contribution >= 0.6 is 0 Å². The molecule has 1 saturated carbocycles.